The molecule has 1 aromatic rings. The van der Waals surface area contributed by atoms with Crippen molar-refractivity contribution in [3.05, 3.63) is 60.2 Å². The third-order valence-corrected chi connectivity index (χ3v) is 5.66. The predicted molar refractivity (Wildman–Crippen MR) is 101 cm³/mol. The van der Waals surface area contributed by atoms with Gasteiger partial charge >= 0.3 is 5.97 Å². The Hall–Kier alpha value is -1.91. The van der Waals surface area contributed by atoms with Crippen molar-refractivity contribution in [1.82, 2.24) is 0 Å². The smallest absolute Gasteiger partial charge is 0.327 e. The molecule has 0 radical (unpaired) electrons. The molecule has 3 rings (SSSR count). The number of hydrogen-bond acceptors (Lipinski definition) is 3. The summed E-state index contributed by atoms with van der Waals surface area (Å²) in [4.78, 5) is 10.5. The molecule has 26 heavy (non-hydrogen) atoms. The lowest BCUT2D eigenvalue weighted by molar-refractivity contribution is -0.131. The summed E-state index contributed by atoms with van der Waals surface area (Å²) in [6.45, 7) is 0. The summed E-state index contributed by atoms with van der Waals surface area (Å²) in [6.07, 6.45) is 12.9. The van der Waals surface area contributed by atoms with Crippen LogP contribution >= 0.6 is 0 Å². The molecule has 2 N–H and O–H groups in total. The third kappa shape index (κ3) is 4.83. The molecule has 2 bridgehead atoms. The molecule has 140 valence electrons. The van der Waals surface area contributed by atoms with Crippen molar-refractivity contribution in [3.63, 3.8) is 0 Å². The monoisotopic (exact) mass is 356 g/mol. The molecule has 0 amide bonds. The summed E-state index contributed by atoms with van der Waals surface area (Å²) >= 11 is 0. The minimum Gasteiger partial charge on any atom is -0.478 e. The van der Waals surface area contributed by atoms with Gasteiger partial charge in [0.05, 0.1) is 18.3 Å². The highest BCUT2D eigenvalue weighted by Crippen LogP contribution is 2.47. The number of allylic oxidation sites excluding steroid dienone is 3. The van der Waals surface area contributed by atoms with Crippen LogP contribution in [0.5, 0.6) is 0 Å². The fourth-order valence-corrected chi connectivity index (χ4v) is 4.39. The number of aliphatic carboxylic acids is 1. The van der Waals surface area contributed by atoms with Gasteiger partial charge in [-0.2, -0.15) is 0 Å². The summed E-state index contributed by atoms with van der Waals surface area (Å²) in [5, 5.41) is 19.0. The minimum atomic E-state index is -0.906. The average Bonchev–Trinajstić information content (AvgIpc) is 3.24. The van der Waals surface area contributed by atoms with Crippen LogP contribution in [0, 0.1) is 11.8 Å². The number of hydrogen-bond donors (Lipinski definition) is 2. The normalized spacial score (nSPS) is 29.0. The highest BCUT2D eigenvalue weighted by molar-refractivity contribution is 5.79. The lowest BCUT2D eigenvalue weighted by atomic mass is 9.75. The average molecular weight is 356 g/mol. The van der Waals surface area contributed by atoms with Gasteiger partial charge in [0.15, 0.2) is 0 Å². The Morgan fingerprint density at radius 2 is 1.85 bits per heavy atom. The molecular weight excluding hydrogens is 328 g/mol. The summed E-state index contributed by atoms with van der Waals surface area (Å²) in [5.74, 6) is 0.111. The van der Waals surface area contributed by atoms with E-state index in [1.165, 1.54) is 6.08 Å². The Morgan fingerprint density at radius 3 is 2.58 bits per heavy atom. The maximum atomic E-state index is 10.5. The number of ether oxygens (including phenoxy) is 1. The summed E-state index contributed by atoms with van der Waals surface area (Å²) < 4.78 is 6.14. The van der Waals surface area contributed by atoms with Crippen molar-refractivity contribution in [2.45, 2.75) is 56.8 Å². The number of fused-ring (bicyclic) bond motifs is 2. The molecule has 0 spiro atoms. The molecule has 2 aliphatic rings. The zero-order valence-corrected chi connectivity index (χ0v) is 15.0. The second kappa shape index (κ2) is 9.15. The zero-order valence-electron chi connectivity index (χ0n) is 15.0. The highest BCUT2D eigenvalue weighted by atomic mass is 16.5. The van der Waals surface area contributed by atoms with Crippen LogP contribution in [0.3, 0.4) is 0 Å². The fourth-order valence-electron chi connectivity index (χ4n) is 4.39. The van der Waals surface area contributed by atoms with Crippen LogP contribution in [0.2, 0.25) is 0 Å². The fraction of sp³-hybridized carbons (Fsp3) is 0.500. The van der Waals surface area contributed by atoms with Crippen molar-refractivity contribution >= 4 is 5.97 Å². The van der Waals surface area contributed by atoms with Gasteiger partial charge in [0.1, 0.15) is 0 Å². The van der Waals surface area contributed by atoms with E-state index in [1.807, 2.05) is 36.4 Å². The van der Waals surface area contributed by atoms with Crippen molar-refractivity contribution < 1.29 is 19.7 Å². The van der Waals surface area contributed by atoms with Crippen LogP contribution in [-0.4, -0.2) is 28.4 Å². The van der Waals surface area contributed by atoms with E-state index in [4.69, 9.17) is 9.84 Å². The standard InChI is InChI=1S/C22H28O4/c23-19(16-8-4-3-5-9-16)13-12-18-17(20-14-15-21(18)26-20)10-6-1-2-7-11-22(24)25/h1,3-9,11,17-21,23H,2,10,12-15H2,(H,24,25)/b6-1-,11-7+/t17-,18+,19?,20-,21+/m0/s1. The Morgan fingerprint density at radius 1 is 1.12 bits per heavy atom. The molecule has 0 aliphatic carbocycles. The number of benzene rings is 1. The molecule has 0 saturated carbocycles. The van der Waals surface area contributed by atoms with Crippen LogP contribution in [0.15, 0.2) is 54.6 Å². The molecular formula is C22H28O4. The van der Waals surface area contributed by atoms with E-state index in [-0.39, 0.29) is 0 Å². The molecule has 5 atom stereocenters. The number of rotatable bonds is 9. The molecule has 1 aromatic carbocycles. The SMILES string of the molecule is O=C(O)/C=C/C/C=C\C[C@H]1[C@@H](CCC(O)c2ccccc2)[C@H]2CC[C@@H]1O2. The molecule has 4 nitrogen and oxygen atoms in total. The van der Waals surface area contributed by atoms with Crippen molar-refractivity contribution in [3.8, 4) is 0 Å². The molecule has 1 unspecified atom stereocenters. The lowest BCUT2D eigenvalue weighted by Crippen LogP contribution is -2.27. The number of aliphatic hydroxyl groups is 1. The lowest BCUT2D eigenvalue weighted by Gasteiger charge is -2.28. The number of carbonyl (C=O) groups is 1. The topological polar surface area (TPSA) is 66.8 Å². The summed E-state index contributed by atoms with van der Waals surface area (Å²) in [7, 11) is 0. The molecule has 4 heteroatoms. The molecule has 2 heterocycles. The first-order valence-corrected chi connectivity index (χ1v) is 9.58. The van der Waals surface area contributed by atoms with E-state index in [1.54, 1.807) is 6.08 Å². The molecule has 2 fully saturated rings. The molecule has 0 aromatic heterocycles. The first-order valence-electron chi connectivity index (χ1n) is 9.58. The molecule has 2 aliphatic heterocycles. The van der Waals surface area contributed by atoms with E-state index >= 15 is 0 Å². The summed E-state index contributed by atoms with van der Waals surface area (Å²) in [5.41, 5.74) is 0.984. The van der Waals surface area contributed by atoms with Crippen LogP contribution in [-0.2, 0) is 9.53 Å². The number of carboxylic acid groups (broad SMARTS) is 1. The number of carboxylic acids is 1. The highest BCUT2D eigenvalue weighted by Gasteiger charge is 2.47. The van der Waals surface area contributed by atoms with Gasteiger partial charge < -0.3 is 14.9 Å². The van der Waals surface area contributed by atoms with E-state index < -0.39 is 12.1 Å². The van der Waals surface area contributed by atoms with E-state index in [0.717, 1.165) is 37.7 Å². The van der Waals surface area contributed by atoms with Crippen LogP contribution in [0.1, 0.15) is 50.2 Å². The van der Waals surface area contributed by atoms with Gasteiger partial charge in [0.25, 0.3) is 0 Å². The van der Waals surface area contributed by atoms with Crippen molar-refractivity contribution in [2.24, 2.45) is 11.8 Å². The minimum absolute atomic E-state index is 0.341. The van der Waals surface area contributed by atoms with Crippen LogP contribution < -0.4 is 0 Å². The van der Waals surface area contributed by atoms with Crippen LogP contribution in [0.25, 0.3) is 0 Å². The predicted octanol–water partition coefficient (Wildman–Crippen LogP) is 4.27. The van der Waals surface area contributed by atoms with Gasteiger partial charge in [0, 0.05) is 6.08 Å². The Bertz CT molecular complexity index is 637. The zero-order chi connectivity index (χ0) is 18.4. The van der Waals surface area contributed by atoms with Gasteiger partial charge in [-0.15, -0.1) is 0 Å². The van der Waals surface area contributed by atoms with Crippen molar-refractivity contribution in [1.29, 1.82) is 0 Å². The van der Waals surface area contributed by atoms with E-state index in [2.05, 4.69) is 6.08 Å². The number of aliphatic hydroxyl groups excluding tert-OH is 1. The van der Waals surface area contributed by atoms with Gasteiger partial charge in [-0.05, 0) is 55.9 Å². The largest absolute Gasteiger partial charge is 0.478 e. The summed E-state index contributed by atoms with van der Waals surface area (Å²) in [6, 6.07) is 9.85. The Labute approximate surface area is 155 Å². The van der Waals surface area contributed by atoms with Gasteiger partial charge in [-0.25, -0.2) is 4.79 Å². The Balaban J connectivity index is 1.50. The third-order valence-electron chi connectivity index (χ3n) is 5.66. The van der Waals surface area contributed by atoms with Gasteiger partial charge in [-0.3, -0.25) is 0 Å². The second-order valence-electron chi connectivity index (χ2n) is 7.31. The van der Waals surface area contributed by atoms with Crippen molar-refractivity contribution in [2.75, 3.05) is 0 Å². The van der Waals surface area contributed by atoms with Gasteiger partial charge in [-0.1, -0.05) is 48.6 Å². The molecule has 2 saturated heterocycles. The van der Waals surface area contributed by atoms with Crippen LogP contribution in [0.4, 0.5) is 0 Å². The van der Waals surface area contributed by atoms with Gasteiger partial charge in [0.2, 0.25) is 0 Å². The first kappa shape index (κ1) is 18.9. The van der Waals surface area contributed by atoms with E-state index in [0.29, 0.717) is 30.5 Å². The van der Waals surface area contributed by atoms with E-state index in [9.17, 15) is 9.90 Å². The first-order chi connectivity index (χ1) is 12.6. The Kier molecular flexibility index (Phi) is 6.64. The quantitative estimate of drug-likeness (QED) is 0.512. The second-order valence-corrected chi connectivity index (χ2v) is 7.31. The maximum absolute atomic E-state index is 10.5. The maximum Gasteiger partial charge on any atom is 0.327 e.